The zero-order chi connectivity index (χ0) is 22.1. The van der Waals surface area contributed by atoms with E-state index in [1.54, 1.807) is 12.1 Å². The number of hydrogen-bond donors (Lipinski definition) is 4. The molecule has 3 aliphatic heterocycles. The molecule has 2 aromatic rings. The van der Waals surface area contributed by atoms with Gasteiger partial charge in [0.05, 0.1) is 16.8 Å². The number of oxime groups is 1. The number of para-hydroxylation sites is 1. The van der Waals surface area contributed by atoms with Gasteiger partial charge in [-0.15, -0.1) is 24.8 Å². The van der Waals surface area contributed by atoms with Crippen LogP contribution in [0.4, 0.5) is 11.4 Å². The zero-order valence-corrected chi connectivity index (χ0v) is 19.8. The van der Waals surface area contributed by atoms with E-state index in [1.165, 1.54) is 6.07 Å². The predicted molar refractivity (Wildman–Crippen MR) is 135 cm³/mol. The minimum absolute atomic E-state index is 0. The molecule has 1 saturated heterocycles. The third kappa shape index (κ3) is 4.88. The molecule has 5 rings (SSSR count). The molecule has 0 aromatic heterocycles. The van der Waals surface area contributed by atoms with Gasteiger partial charge in [-0.25, -0.2) is 4.79 Å². The van der Waals surface area contributed by atoms with Crippen LogP contribution in [0.15, 0.2) is 53.3 Å². The van der Waals surface area contributed by atoms with Crippen LogP contribution in [0.2, 0.25) is 0 Å². The van der Waals surface area contributed by atoms with Crippen LogP contribution < -0.4 is 16.0 Å². The van der Waals surface area contributed by atoms with Crippen molar-refractivity contribution in [2.24, 2.45) is 5.16 Å². The van der Waals surface area contributed by atoms with E-state index in [1.807, 2.05) is 24.3 Å². The largest absolute Gasteiger partial charge is 0.478 e. The van der Waals surface area contributed by atoms with Crippen molar-refractivity contribution < 1.29 is 19.5 Å². The van der Waals surface area contributed by atoms with Crippen LogP contribution in [0.5, 0.6) is 0 Å². The number of nitrogens with zero attached hydrogens (tertiary/aromatic N) is 2. The van der Waals surface area contributed by atoms with E-state index in [-0.39, 0.29) is 36.3 Å². The summed E-state index contributed by atoms with van der Waals surface area (Å²) in [5.41, 5.74) is 4.28. The molecule has 0 aliphatic carbocycles. The van der Waals surface area contributed by atoms with Crippen molar-refractivity contribution >= 4 is 59.4 Å². The minimum Gasteiger partial charge on any atom is -0.478 e. The number of rotatable bonds is 5. The van der Waals surface area contributed by atoms with Gasteiger partial charge in [-0.2, -0.15) is 0 Å². The van der Waals surface area contributed by atoms with Crippen LogP contribution in [0.1, 0.15) is 21.5 Å². The Kier molecular flexibility index (Phi) is 8.16. The second-order valence-corrected chi connectivity index (χ2v) is 7.80. The zero-order valence-electron chi connectivity index (χ0n) is 18.2. The molecule has 0 spiro atoms. The molecular formula is C23H25Cl2N5O4. The van der Waals surface area contributed by atoms with E-state index in [4.69, 9.17) is 4.84 Å². The molecule has 9 nitrogen and oxygen atoms in total. The van der Waals surface area contributed by atoms with E-state index in [0.717, 1.165) is 44.0 Å². The quantitative estimate of drug-likeness (QED) is 0.280. The van der Waals surface area contributed by atoms with Gasteiger partial charge in [0.1, 0.15) is 12.3 Å². The molecule has 180 valence electrons. The van der Waals surface area contributed by atoms with Crippen molar-refractivity contribution in [2.45, 2.75) is 0 Å². The summed E-state index contributed by atoms with van der Waals surface area (Å²) in [6.45, 7) is 4.95. The van der Waals surface area contributed by atoms with Crippen molar-refractivity contribution in [1.82, 2.24) is 10.2 Å². The Hall–Kier alpha value is -3.11. The van der Waals surface area contributed by atoms with E-state index in [9.17, 15) is 14.7 Å². The average molecular weight is 506 g/mol. The van der Waals surface area contributed by atoms with Gasteiger partial charge in [0.2, 0.25) is 0 Å². The standard InChI is InChI=1S/C23H23N5O4.2ClH/c29-22-19(15-3-1-2-4-17(15)26-22)21-20(27-32-12-11-28-9-7-24-8-10-28)16-13-14(23(30)31)5-6-18(16)25-21;;/h1-6,13,24-25H,7-12H2,(H,26,29)(H,30,31);2*1H/b21-19-,27-20+;;. The maximum Gasteiger partial charge on any atom is 0.335 e. The Morgan fingerprint density at radius 1 is 1.03 bits per heavy atom. The summed E-state index contributed by atoms with van der Waals surface area (Å²) in [6, 6.07) is 12.2. The average Bonchev–Trinajstić information content (AvgIpc) is 3.33. The first kappa shape index (κ1) is 25.5. The number of anilines is 2. The normalized spacial score (nSPS) is 19.9. The van der Waals surface area contributed by atoms with Gasteiger partial charge in [0.15, 0.2) is 0 Å². The molecule has 0 atom stereocenters. The van der Waals surface area contributed by atoms with Gasteiger partial charge >= 0.3 is 5.97 Å². The lowest BCUT2D eigenvalue weighted by Crippen LogP contribution is -2.44. The molecule has 3 aliphatic rings. The molecular weight excluding hydrogens is 481 g/mol. The second-order valence-electron chi connectivity index (χ2n) is 7.80. The monoisotopic (exact) mass is 505 g/mol. The molecule has 34 heavy (non-hydrogen) atoms. The van der Waals surface area contributed by atoms with E-state index < -0.39 is 5.97 Å². The molecule has 0 bridgehead atoms. The van der Waals surface area contributed by atoms with Crippen molar-refractivity contribution in [2.75, 3.05) is 50.0 Å². The molecule has 1 amide bonds. The van der Waals surface area contributed by atoms with Crippen LogP contribution in [0.3, 0.4) is 0 Å². The maximum atomic E-state index is 12.8. The highest BCUT2D eigenvalue weighted by Crippen LogP contribution is 2.39. The summed E-state index contributed by atoms with van der Waals surface area (Å²) < 4.78 is 0. The van der Waals surface area contributed by atoms with Crippen LogP contribution in [0.25, 0.3) is 5.57 Å². The molecule has 0 saturated carbocycles. The summed E-state index contributed by atoms with van der Waals surface area (Å²) in [6.07, 6.45) is 0. The first-order valence-electron chi connectivity index (χ1n) is 10.5. The molecule has 0 radical (unpaired) electrons. The number of allylic oxidation sites excluding steroid dienone is 1. The number of aromatic carboxylic acids is 1. The molecule has 2 aromatic carbocycles. The molecule has 1 fully saturated rings. The Morgan fingerprint density at radius 2 is 1.76 bits per heavy atom. The minimum atomic E-state index is -1.03. The van der Waals surface area contributed by atoms with E-state index >= 15 is 0 Å². The van der Waals surface area contributed by atoms with Crippen molar-refractivity contribution in [3.8, 4) is 0 Å². The van der Waals surface area contributed by atoms with E-state index in [2.05, 4.69) is 26.0 Å². The number of carbonyl (C=O) groups excluding carboxylic acids is 1. The highest BCUT2D eigenvalue weighted by atomic mass is 35.5. The Labute approximate surface area is 209 Å². The molecule has 11 heteroatoms. The number of carboxylic acids is 1. The number of fused-ring (bicyclic) bond motifs is 2. The summed E-state index contributed by atoms with van der Waals surface area (Å²) in [5, 5.41) is 23.2. The highest BCUT2D eigenvalue weighted by molar-refractivity contribution is 6.39. The number of benzene rings is 2. The van der Waals surface area contributed by atoms with Crippen LogP contribution in [0, 0.1) is 0 Å². The third-order valence-electron chi connectivity index (χ3n) is 5.80. The summed E-state index contributed by atoms with van der Waals surface area (Å²) in [5.74, 6) is -1.27. The van der Waals surface area contributed by atoms with Gasteiger partial charge in [-0.1, -0.05) is 23.4 Å². The predicted octanol–water partition coefficient (Wildman–Crippen LogP) is 2.64. The van der Waals surface area contributed by atoms with Crippen LogP contribution in [-0.2, 0) is 9.63 Å². The summed E-state index contributed by atoms with van der Waals surface area (Å²) in [7, 11) is 0. The maximum absolute atomic E-state index is 12.8. The topological polar surface area (TPSA) is 115 Å². The summed E-state index contributed by atoms with van der Waals surface area (Å²) in [4.78, 5) is 32.3. The lowest BCUT2D eigenvalue weighted by Gasteiger charge is -2.26. The number of halogens is 2. The Morgan fingerprint density at radius 3 is 2.53 bits per heavy atom. The van der Waals surface area contributed by atoms with Crippen molar-refractivity contribution in [3.05, 3.63) is 64.9 Å². The van der Waals surface area contributed by atoms with Gasteiger partial charge in [-0.05, 0) is 24.3 Å². The number of carboxylic acid groups (broad SMARTS) is 1. The number of carbonyl (C=O) groups is 2. The van der Waals surface area contributed by atoms with Gasteiger partial charge in [0, 0.05) is 55.2 Å². The number of piperazine rings is 1. The summed E-state index contributed by atoms with van der Waals surface area (Å²) >= 11 is 0. The highest BCUT2D eigenvalue weighted by Gasteiger charge is 2.34. The molecule has 0 unspecified atom stereocenters. The van der Waals surface area contributed by atoms with Crippen LogP contribution in [-0.4, -0.2) is 66.9 Å². The fraction of sp³-hybridized carbons (Fsp3) is 0.261. The first-order valence-corrected chi connectivity index (χ1v) is 10.5. The third-order valence-corrected chi connectivity index (χ3v) is 5.80. The number of nitrogens with one attached hydrogen (secondary N) is 3. The van der Waals surface area contributed by atoms with Gasteiger partial charge < -0.3 is 25.9 Å². The fourth-order valence-electron chi connectivity index (χ4n) is 4.17. The van der Waals surface area contributed by atoms with Crippen LogP contribution >= 0.6 is 24.8 Å². The Balaban J connectivity index is 0.00000162. The number of amides is 1. The first-order chi connectivity index (χ1) is 15.6. The van der Waals surface area contributed by atoms with Gasteiger partial charge in [-0.3, -0.25) is 9.69 Å². The molecule has 4 N–H and O–H groups in total. The fourth-order valence-corrected chi connectivity index (χ4v) is 4.17. The molecule has 3 heterocycles. The SMILES string of the molecule is Cl.Cl.O=C1Nc2ccccc2/C1=C1/Nc2ccc(C(=O)O)cc2/C1=N\OCCN1CCNCC1. The lowest BCUT2D eigenvalue weighted by molar-refractivity contribution is -0.110. The second kappa shape index (κ2) is 10.9. The lowest BCUT2D eigenvalue weighted by atomic mass is 10.0. The van der Waals surface area contributed by atoms with Crippen molar-refractivity contribution in [1.29, 1.82) is 0 Å². The smallest absolute Gasteiger partial charge is 0.335 e. The Bertz CT molecular complexity index is 1160. The van der Waals surface area contributed by atoms with E-state index in [0.29, 0.717) is 34.8 Å². The van der Waals surface area contributed by atoms with Crippen molar-refractivity contribution in [3.63, 3.8) is 0 Å². The van der Waals surface area contributed by atoms with Gasteiger partial charge in [0.25, 0.3) is 5.91 Å². The number of hydrogen-bond acceptors (Lipinski definition) is 7.